The highest BCUT2D eigenvalue weighted by Gasteiger charge is 2.57. The molecule has 3 aliphatic rings. The lowest BCUT2D eigenvalue weighted by Crippen LogP contribution is -2.49. The van der Waals surface area contributed by atoms with Gasteiger partial charge in [-0.05, 0) is 56.7 Å². The van der Waals surface area contributed by atoms with Crippen molar-refractivity contribution in [1.29, 1.82) is 0 Å². The summed E-state index contributed by atoms with van der Waals surface area (Å²) in [6.45, 7) is 3.91. The van der Waals surface area contributed by atoms with Crippen LogP contribution in [-0.2, 0) is 4.79 Å². The van der Waals surface area contributed by atoms with Crippen LogP contribution in [0.4, 0.5) is 5.95 Å². The van der Waals surface area contributed by atoms with Gasteiger partial charge >= 0.3 is 0 Å². The van der Waals surface area contributed by atoms with Crippen LogP contribution in [0.5, 0.6) is 0 Å². The van der Waals surface area contributed by atoms with Gasteiger partial charge in [-0.25, -0.2) is 9.97 Å². The van der Waals surface area contributed by atoms with E-state index in [0.29, 0.717) is 5.41 Å². The molecule has 0 aromatic carbocycles. The average molecular weight is 315 g/mol. The maximum Gasteiger partial charge on any atom is 0.225 e. The Labute approximate surface area is 137 Å². The van der Waals surface area contributed by atoms with E-state index in [1.165, 1.54) is 0 Å². The van der Waals surface area contributed by atoms with Crippen molar-refractivity contribution in [2.45, 2.75) is 38.1 Å². The number of nitrogens with zero attached hydrogens (tertiary/aromatic N) is 3. The highest BCUT2D eigenvalue weighted by atomic mass is 16.2. The molecule has 23 heavy (non-hydrogen) atoms. The third kappa shape index (κ3) is 3.04. The second kappa shape index (κ2) is 6.07. The molecule has 1 saturated carbocycles. The monoisotopic (exact) mass is 315 g/mol. The maximum atomic E-state index is 12.6. The Morgan fingerprint density at radius 2 is 2.09 bits per heavy atom. The number of rotatable bonds is 3. The van der Waals surface area contributed by atoms with E-state index in [2.05, 4.69) is 25.5 Å². The summed E-state index contributed by atoms with van der Waals surface area (Å²) in [6.07, 6.45) is 9.06. The van der Waals surface area contributed by atoms with E-state index in [1.807, 2.05) is 6.07 Å². The molecule has 6 nitrogen and oxygen atoms in total. The van der Waals surface area contributed by atoms with Crippen LogP contribution in [-0.4, -0.2) is 48.1 Å². The van der Waals surface area contributed by atoms with Gasteiger partial charge in [-0.2, -0.15) is 0 Å². The first-order valence-electron chi connectivity index (χ1n) is 8.80. The van der Waals surface area contributed by atoms with Gasteiger partial charge < -0.3 is 15.5 Å². The summed E-state index contributed by atoms with van der Waals surface area (Å²) in [5, 5.41) is 6.69. The van der Waals surface area contributed by atoms with E-state index in [4.69, 9.17) is 0 Å². The zero-order valence-electron chi connectivity index (χ0n) is 13.5. The van der Waals surface area contributed by atoms with Gasteiger partial charge in [0.1, 0.15) is 0 Å². The lowest BCUT2D eigenvalue weighted by Gasteiger charge is -2.33. The lowest BCUT2D eigenvalue weighted by atomic mass is 9.91. The second-order valence-electron chi connectivity index (χ2n) is 7.21. The van der Waals surface area contributed by atoms with Crippen molar-refractivity contribution in [3.8, 4) is 0 Å². The van der Waals surface area contributed by atoms with Crippen molar-refractivity contribution in [1.82, 2.24) is 20.6 Å². The molecule has 0 bridgehead atoms. The first kappa shape index (κ1) is 14.9. The third-order valence-corrected chi connectivity index (χ3v) is 5.71. The van der Waals surface area contributed by atoms with E-state index in [1.54, 1.807) is 12.4 Å². The first-order valence-corrected chi connectivity index (χ1v) is 8.80. The van der Waals surface area contributed by atoms with Gasteiger partial charge in [-0.15, -0.1) is 0 Å². The number of aromatic nitrogens is 2. The summed E-state index contributed by atoms with van der Waals surface area (Å²) in [5.74, 6) is 1.29. The van der Waals surface area contributed by atoms with Crippen LogP contribution >= 0.6 is 0 Å². The molecule has 124 valence electrons. The van der Waals surface area contributed by atoms with Gasteiger partial charge in [0.25, 0.3) is 0 Å². The molecule has 6 heteroatoms. The van der Waals surface area contributed by atoms with Crippen LogP contribution in [0, 0.1) is 11.3 Å². The highest BCUT2D eigenvalue weighted by Crippen LogP contribution is 2.58. The summed E-state index contributed by atoms with van der Waals surface area (Å²) in [7, 11) is 0. The van der Waals surface area contributed by atoms with Crippen molar-refractivity contribution < 1.29 is 4.79 Å². The molecule has 2 N–H and O–H groups in total. The Morgan fingerprint density at radius 3 is 2.87 bits per heavy atom. The predicted octanol–water partition coefficient (Wildman–Crippen LogP) is 0.951. The fourth-order valence-corrected chi connectivity index (χ4v) is 4.23. The van der Waals surface area contributed by atoms with E-state index in [-0.39, 0.29) is 17.9 Å². The Bertz CT molecular complexity index is 557. The van der Waals surface area contributed by atoms with Crippen molar-refractivity contribution in [3.63, 3.8) is 0 Å². The second-order valence-corrected chi connectivity index (χ2v) is 7.21. The number of anilines is 1. The molecule has 0 radical (unpaired) electrons. The number of hydrogen-bond donors (Lipinski definition) is 2. The molecule has 3 fully saturated rings. The van der Waals surface area contributed by atoms with E-state index < -0.39 is 0 Å². The topological polar surface area (TPSA) is 70.2 Å². The number of amides is 1. The minimum absolute atomic E-state index is 0.222. The SMILES string of the molecule is O=C(NC1CCCN(c2ncccn2)C1)C1CC12CCNCC2. The highest BCUT2D eigenvalue weighted by molar-refractivity contribution is 5.83. The third-order valence-electron chi connectivity index (χ3n) is 5.71. The fraction of sp³-hybridized carbons (Fsp3) is 0.706. The molecule has 2 unspecified atom stereocenters. The van der Waals surface area contributed by atoms with Gasteiger partial charge in [0, 0.05) is 37.4 Å². The Hall–Kier alpha value is -1.69. The molecule has 3 heterocycles. The average Bonchev–Trinajstić information content (AvgIpc) is 3.30. The predicted molar refractivity (Wildman–Crippen MR) is 88.1 cm³/mol. The van der Waals surface area contributed by atoms with Crippen molar-refractivity contribution >= 4 is 11.9 Å². The molecule has 1 aliphatic carbocycles. The summed E-state index contributed by atoms with van der Waals surface area (Å²) < 4.78 is 0. The number of piperidine rings is 2. The van der Waals surface area contributed by atoms with Gasteiger partial charge in [0.15, 0.2) is 0 Å². The minimum Gasteiger partial charge on any atom is -0.351 e. The van der Waals surface area contributed by atoms with Crippen LogP contribution in [0.2, 0.25) is 0 Å². The van der Waals surface area contributed by atoms with Crippen molar-refractivity contribution in [2.24, 2.45) is 11.3 Å². The summed E-state index contributed by atoms with van der Waals surface area (Å²) in [4.78, 5) is 23.4. The standard InChI is InChI=1S/C17H25N5O/c23-15(14-11-17(14)4-8-18-9-5-17)21-13-3-1-10-22(12-13)16-19-6-2-7-20-16/h2,6-7,13-14,18H,1,3-5,8-12H2,(H,21,23). The largest absolute Gasteiger partial charge is 0.351 e. The van der Waals surface area contributed by atoms with E-state index >= 15 is 0 Å². The summed E-state index contributed by atoms with van der Waals surface area (Å²) in [5.41, 5.74) is 0.312. The molecule has 1 amide bonds. The van der Waals surface area contributed by atoms with Crippen LogP contribution in [0.15, 0.2) is 18.5 Å². The van der Waals surface area contributed by atoms with E-state index in [0.717, 1.165) is 64.2 Å². The zero-order chi connectivity index (χ0) is 15.7. The number of hydrogen-bond acceptors (Lipinski definition) is 5. The molecule has 2 aliphatic heterocycles. The minimum atomic E-state index is 0.222. The summed E-state index contributed by atoms with van der Waals surface area (Å²) in [6, 6.07) is 2.05. The molecule has 1 aromatic heterocycles. The lowest BCUT2D eigenvalue weighted by molar-refractivity contribution is -0.124. The van der Waals surface area contributed by atoms with E-state index in [9.17, 15) is 4.79 Å². The first-order chi connectivity index (χ1) is 11.3. The molecule has 1 spiro atoms. The van der Waals surface area contributed by atoms with Crippen LogP contribution in [0.25, 0.3) is 0 Å². The molecule has 2 saturated heterocycles. The molecular formula is C17H25N5O. The smallest absolute Gasteiger partial charge is 0.225 e. The van der Waals surface area contributed by atoms with Crippen LogP contribution in [0.1, 0.15) is 32.1 Å². The fourth-order valence-electron chi connectivity index (χ4n) is 4.23. The molecule has 4 rings (SSSR count). The number of nitrogens with one attached hydrogen (secondary N) is 2. The van der Waals surface area contributed by atoms with Gasteiger partial charge in [-0.3, -0.25) is 4.79 Å². The van der Waals surface area contributed by atoms with Crippen molar-refractivity contribution in [3.05, 3.63) is 18.5 Å². The van der Waals surface area contributed by atoms with Crippen molar-refractivity contribution in [2.75, 3.05) is 31.1 Å². The Morgan fingerprint density at radius 1 is 1.30 bits per heavy atom. The quantitative estimate of drug-likeness (QED) is 0.869. The van der Waals surface area contributed by atoms with Crippen LogP contribution < -0.4 is 15.5 Å². The van der Waals surface area contributed by atoms with Gasteiger partial charge in [0.2, 0.25) is 11.9 Å². The van der Waals surface area contributed by atoms with Crippen LogP contribution in [0.3, 0.4) is 0 Å². The molecule has 2 atom stereocenters. The molecular weight excluding hydrogens is 290 g/mol. The normalized spacial score (nSPS) is 29.3. The maximum absolute atomic E-state index is 12.6. The molecule has 1 aromatic rings. The number of carbonyl (C=O) groups excluding carboxylic acids is 1. The Kier molecular flexibility index (Phi) is 3.93. The zero-order valence-corrected chi connectivity index (χ0v) is 13.5. The van der Waals surface area contributed by atoms with Gasteiger partial charge in [-0.1, -0.05) is 0 Å². The Balaban J connectivity index is 1.33. The van der Waals surface area contributed by atoms with Gasteiger partial charge in [0.05, 0.1) is 0 Å². The summed E-state index contributed by atoms with van der Waals surface area (Å²) >= 11 is 0. The number of carbonyl (C=O) groups is 1.